The van der Waals surface area contributed by atoms with Crippen LogP contribution in [0.15, 0.2) is 12.3 Å². The van der Waals surface area contributed by atoms with E-state index in [1.807, 2.05) is 11.8 Å². The molecule has 2 N–H and O–H groups in total. The molecule has 2 aliphatic rings. The van der Waals surface area contributed by atoms with E-state index < -0.39 is 23.9 Å². The topological polar surface area (TPSA) is 120 Å². The van der Waals surface area contributed by atoms with Gasteiger partial charge < -0.3 is 20.1 Å². The molecule has 0 radical (unpaired) electrons. The molecule has 2 fully saturated rings. The van der Waals surface area contributed by atoms with Gasteiger partial charge in [-0.2, -0.15) is 18.2 Å². The summed E-state index contributed by atoms with van der Waals surface area (Å²) >= 11 is 0. The molecular weight excluding hydrogens is 419 g/mol. The van der Waals surface area contributed by atoms with Crippen LogP contribution in [0.25, 0.3) is 11.3 Å². The fourth-order valence-electron chi connectivity index (χ4n) is 3.47. The highest BCUT2D eigenvalue weighted by molar-refractivity contribution is 5.90. The zero-order valence-electron chi connectivity index (χ0n) is 16.8. The number of anilines is 3. The van der Waals surface area contributed by atoms with Crippen LogP contribution in [-0.4, -0.2) is 64.5 Å². The van der Waals surface area contributed by atoms with Crippen LogP contribution in [0, 0.1) is 0 Å². The summed E-state index contributed by atoms with van der Waals surface area (Å²) in [4.78, 5) is 31.3. The minimum atomic E-state index is -4.79. The molecule has 10 nitrogen and oxygen atoms in total. The van der Waals surface area contributed by atoms with Gasteiger partial charge in [0.05, 0.1) is 31.0 Å². The molecular formula is C18H20F3N7O3. The maximum absolute atomic E-state index is 13.7. The monoisotopic (exact) mass is 439 g/mol. The van der Waals surface area contributed by atoms with Gasteiger partial charge in [-0.15, -0.1) is 0 Å². The summed E-state index contributed by atoms with van der Waals surface area (Å²) in [6, 6.07) is 0.821. The number of aromatic nitrogens is 4. The zero-order valence-corrected chi connectivity index (χ0v) is 16.8. The number of carbonyl (C=O) groups excluding carboxylic acids is 1. The Morgan fingerprint density at radius 2 is 1.94 bits per heavy atom. The summed E-state index contributed by atoms with van der Waals surface area (Å²) in [5, 5.41) is 0. The molecule has 0 saturated carbocycles. The van der Waals surface area contributed by atoms with Crippen molar-refractivity contribution in [3.63, 3.8) is 0 Å². The minimum Gasteiger partial charge on any atom is -0.447 e. The number of halogens is 3. The number of morpholine rings is 1. The Morgan fingerprint density at radius 3 is 2.58 bits per heavy atom. The van der Waals surface area contributed by atoms with Crippen molar-refractivity contribution >= 4 is 23.8 Å². The van der Waals surface area contributed by atoms with Crippen LogP contribution in [0.5, 0.6) is 0 Å². The van der Waals surface area contributed by atoms with E-state index in [9.17, 15) is 18.0 Å². The van der Waals surface area contributed by atoms with Crippen LogP contribution in [0.3, 0.4) is 0 Å². The van der Waals surface area contributed by atoms with Crippen LogP contribution in [0.2, 0.25) is 0 Å². The van der Waals surface area contributed by atoms with Crippen LogP contribution < -0.4 is 15.5 Å². The van der Waals surface area contributed by atoms with Crippen molar-refractivity contribution in [3.8, 4) is 11.3 Å². The maximum atomic E-state index is 13.7. The summed E-state index contributed by atoms with van der Waals surface area (Å²) in [7, 11) is 0. The molecule has 2 atom stereocenters. The normalized spacial score (nSPS) is 22.0. The third kappa shape index (κ3) is 4.04. The van der Waals surface area contributed by atoms with E-state index in [0.29, 0.717) is 19.8 Å². The van der Waals surface area contributed by atoms with Crippen LogP contribution >= 0.6 is 0 Å². The van der Waals surface area contributed by atoms with E-state index in [2.05, 4.69) is 19.9 Å². The van der Waals surface area contributed by atoms with Crippen LogP contribution in [-0.2, 0) is 15.7 Å². The summed E-state index contributed by atoms with van der Waals surface area (Å²) in [5.41, 5.74) is 3.71. The second-order valence-electron chi connectivity index (χ2n) is 7.31. The Balaban J connectivity index is 1.90. The van der Waals surface area contributed by atoms with Gasteiger partial charge in [0.1, 0.15) is 12.4 Å². The highest BCUT2D eigenvalue weighted by Crippen LogP contribution is 2.37. The number of carbonyl (C=O) groups is 1. The van der Waals surface area contributed by atoms with Crippen LogP contribution in [0.4, 0.5) is 35.7 Å². The Hall–Kier alpha value is -3.22. The fraction of sp³-hybridized carbons (Fsp3) is 0.500. The SMILES string of the molecule is CC1COCCN1c1nc(-c2cnc(N)nc2C(F)(F)F)cc(N2C(=O)OCC2C)n1. The number of nitrogens with two attached hydrogens (primary N) is 1. The largest absolute Gasteiger partial charge is 0.447 e. The molecule has 2 aromatic heterocycles. The Labute approximate surface area is 175 Å². The van der Waals surface area contributed by atoms with Crippen LogP contribution in [0.1, 0.15) is 19.5 Å². The molecule has 0 aliphatic carbocycles. The van der Waals surface area contributed by atoms with Crippen molar-refractivity contribution in [2.75, 3.05) is 41.9 Å². The summed E-state index contributed by atoms with van der Waals surface area (Å²) in [5.74, 6) is -0.220. The van der Waals surface area contributed by atoms with Gasteiger partial charge in [-0.25, -0.2) is 19.7 Å². The highest BCUT2D eigenvalue weighted by atomic mass is 19.4. The smallest absolute Gasteiger partial charge is 0.434 e. The first-order valence-electron chi connectivity index (χ1n) is 9.54. The lowest BCUT2D eigenvalue weighted by Gasteiger charge is -2.34. The van der Waals surface area contributed by atoms with Crippen molar-refractivity contribution in [3.05, 3.63) is 18.0 Å². The van der Waals surface area contributed by atoms with Gasteiger partial charge in [-0.05, 0) is 13.8 Å². The molecule has 13 heteroatoms. The van der Waals surface area contributed by atoms with Crippen molar-refractivity contribution < 1.29 is 27.4 Å². The molecule has 1 amide bonds. The van der Waals surface area contributed by atoms with Gasteiger partial charge in [0, 0.05) is 24.4 Å². The number of amides is 1. The average molecular weight is 439 g/mol. The number of nitrogen functional groups attached to an aromatic ring is 1. The number of hydrogen-bond donors (Lipinski definition) is 1. The molecule has 0 aromatic carbocycles. The molecule has 4 rings (SSSR count). The summed E-state index contributed by atoms with van der Waals surface area (Å²) < 4.78 is 51.4. The zero-order chi connectivity index (χ0) is 22.3. The van der Waals surface area contributed by atoms with Gasteiger partial charge in [0.2, 0.25) is 11.9 Å². The molecule has 31 heavy (non-hydrogen) atoms. The van der Waals surface area contributed by atoms with Crippen molar-refractivity contribution in [1.29, 1.82) is 0 Å². The van der Waals surface area contributed by atoms with E-state index in [-0.39, 0.29) is 41.7 Å². The molecule has 0 bridgehead atoms. The van der Waals surface area contributed by atoms with E-state index in [1.165, 1.54) is 11.0 Å². The first kappa shape index (κ1) is 21.0. The lowest BCUT2D eigenvalue weighted by molar-refractivity contribution is -0.140. The Bertz CT molecular complexity index is 1000. The minimum absolute atomic E-state index is 0.0853. The number of rotatable bonds is 3. The maximum Gasteiger partial charge on any atom is 0.434 e. The third-order valence-electron chi connectivity index (χ3n) is 5.01. The second kappa shape index (κ2) is 7.80. The number of alkyl halides is 3. The molecule has 2 aromatic rings. The lowest BCUT2D eigenvalue weighted by Crippen LogP contribution is -2.45. The number of hydrogen-bond acceptors (Lipinski definition) is 9. The van der Waals surface area contributed by atoms with E-state index in [1.54, 1.807) is 6.92 Å². The second-order valence-corrected chi connectivity index (χ2v) is 7.31. The highest BCUT2D eigenvalue weighted by Gasteiger charge is 2.38. The van der Waals surface area contributed by atoms with Gasteiger partial charge in [0.15, 0.2) is 5.69 Å². The summed E-state index contributed by atoms with van der Waals surface area (Å²) in [6.07, 6.45) is -4.46. The predicted molar refractivity (Wildman–Crippen MR) is 103 cm³/mol. The summed E-state index contributed by atoms with van der Waals surface area (Å²) in [6.45, 7) is 5.03. The van der Waals surface area contributed by atoms with Gasteiger partial charge in [-0.3, -0.25) is 4.90 Å². The van der Waals surface area contributed by atoms with Crippen molar-refractivity contribution in [1.82, 2.24) is 19.9 Å². The van der Waals surface area contributed by atoms with Gasteiger partial charge in [0.25, 0.3) is 0 Å². The van der Waals surface area contributed by atoms with E-state index >= 15 is 0 Å². The molecule has 4 heterocycles. The van der Waals surface area contributed by atoms with E-state index in [0.717, 1.165) is 6.20 Å². The predicted octanol–water partition coefficient (Wildman–Crippen LogP) is 2.10. The molecule has 2 aliphatic heterocycles. The average Bonchev–Trinajstić information content (AvgIpc) is 3.05. The van der Waals surface area contributed by atoms with Crippen molar-refractivity contribution in [2.24, 2.45) is 0 Å². The van der Waals surface area contributed by atoms with Gasteiger partial charge >= 0.3 is 12.3 Å². The first-order valence-corrected chi connectivity index (χ1v) is 9.54. The number of cyclic esters (lactones) is 1. The quantitative estimate of drug-likeness (QED) is 0.767. The number of ether oxygens (including phenoxy) is 2. The van der Waals surface area contributed by atoms with Gasteiger partial charge in [-0.1, -0.05) is 0 Å². The molecule has 2 saturated heterocycles. The first-order chi connectivity index (χ1) is 14.6. The lowest BCUT2D eigenvalue weighted by atomic mass is 10.1. The fourth-order valence-corrected chi connectivity index (χ4v) is 3.47. The number of nitrogens with zero attached hydrogens (tertiary/aromatic N) is 6. The molecule has 166 valence electrons. The van der Waals surface area contributed by atoms with E-state index in [4.69, 9.17) is 15.2 Å². The standard InChI is InChI=1S/C18H20F3N7O3/c1-9-7-30-4-3-27(9)16-24-12(5-13(25-16)28-10(2)8-31-17(28)29)11-6-23-15(22)26-14(11)18(19,20)21/h5-6,9-10H,3-4,7-8H2,1-2H3,(H2,22,23,26). The Morgan fingerprint density at radius 1 is 1.16 bits per heavy atom. The van der Waals surface area contributed by atoms with Crippen molar-refractivity contribution in [2.45, 2.75) is 32.1 Å². The third-order valence-corrected chi connectivity index (χ3v) is 5.01. The Kier molecular flexibility index (Phi) is 5.29. The molecule has 2 unspecified atom stereocenters. The molecule has 0 spiro atoms.